The van der Waals surface area contributed by atoms with Crippen molar-refractivity contribution in [2.24, 2.45) is 0 Å². The lowest BCUT2D eigenvalue weighted by atomic mass is 10.1. The number of amides is 1. The van der Waals surface area contributed by atoms with E-state index in [1.807, 2.05) is 0 Å². The average Bonchev–Trinajstić information content (AvgIpc) is 2.30. The van der Waals surface area contributed by atoms with Gasteiger partial charge >= 0.3 is 5.97 Å². The van der Waals surface area contributed by atoms with Crippen LogP contribution in [0, 0.1) is 11.6 Å². The van der Waals surface area contributed by atoms with Gasteiger partial charge in [-0.3, -0.25) is 9.59 Å². The lowest BCUT2D eigenvalue weighted by molar-refractivity contribution is -0.138. The third kappa shape index (κ3) is 3.80. The number of aliphatic carboxylic acids is 1. The second kappa shape index (κ2) is 6.09. The molecule has 0 atom stereocenters. The van der Waals surface area contributed by atoms with Gasteiger partial charge in [0.2, 0.25) is 5.91 Å². The van der Waals surface area contributed by atoms with Crippen molar-refractivity contribution >= 4 is 11.9 Å². The molecule has 0 heterocycles. The fraction of sp³-hybridized carbons (Fsp3) is 0.333. The van der Waals surface area contributed by atoms with Gasteiger partial charge in [-0.05, 0) is 12.1 Å². The van der Waals surface area contributed by atoms with Gasteiger partial charge in [-0.1, -0.05) is 6.07 Å². The quantitative estimate of drug-likeness (QED) is 0.868. The summed E-state index contributed by atoms with van der Waals surface area (Å²) in [7, 11) is 1.39. The molecule has 1 N–H and O–H groups in total. The Balaban J connectivity index is 2.67. The molecule has 0 saturated heterocycles. The van der Waals surface area contributed by atoms with E-state index in [4.69, 9.17) is 5.11 Å². The van der Waals surface area contributed by atoms with Crippen LogP contribution in [0.25, 0.3) is 0 Å². The minimum Gasteiger partial charge on any atom is -0.481 e. The smallest absolute Gasteiger partial charge is 0.305 e. The Bertz CT molecular complexity index is 442. The summed E-state index contributed by atoms with van der Waals surface area (Å²) in [6.45, 7) is 0.00420. The van der Waals surface area contributed by atoms with E-state index in [0.717, 1.165) is 17.0 Å². The topological polar surface area (TPSA) is 57.6 Å². The van der Waals surface area contributed by atoms with Crippen molar-refractivity contribution in [2.75, 3.05) is 13.6 Å². The van der Waals surface area contributed by atoms with Crippen LogP contribution in [0.1, 0.15) is 12.0 Å². The molecule has 0 unspecified atom stereocenters. The van der Waals surface area contributed by atoms with E-state index in [0.29, 0.717) is 0 Å². The zero-order chi connectivity index (χ0) is 13.7. The summed E-state index contributed by atoms with van der Waals surface area (Å²) in [5, 5.41) is 8.46. The summed E-state index contributed by atoms with van der Waals surface area (Å²) in [4.78, 5) is 23.1. The average molecular weight is 257 g/mol. The van der Waals surface area contributed by atoms with Crippen molar-refractivity contribution in [1.29, 1.82) is 0 Å². The summed E-state index contributed by atoms with van der Waals surface area (Å²) in [5.41, 5.74) is -0.301. The molecule has 98 valence electrons. The maximum atomic E-state index is 13.3. The van der Waals surface area contributed by atoms with E-state index in [1.165, 1.54) is 13.1 Å². The van der Waals surface area contributed by atoms with Crippen LogP contribution in [-0.2, 0) is 16.0 Å². The third-order valence-corrected chi connectivity index (χ3v) is 2.48. The molecule has 0 aliphatic heterocycles. The van der Waals surface area contributed by atoms with E-state index in [-0.39, 0.29) is 18.5 Å². The number of benzene rings is 1. The first-order valence-corrected chi connectivity index (χ1v) is 5.30. The van der Waals surface area contributed by atoms with Crippen molar-refractivity contribution < 1.29 is 23.5 Å². The van der Waals surface area contributed by atoms with Gasteiger partial charge in [-0.15, -0.1) is 0 Å². The number of likely N-dealkylation sites (N-methyl/N-ethyl adjacent to an activating group) is 1. The minimum absolute atomic E-state index is 0.00420. The molecule has 4 nitrogen and oxygen atoms in total. The summed E-state index contributed by atoms with van der Waals surface area (Å²) in [6, 6.07) is 3.36. The maximum Gasteiger partial charge on any atom is 0.305 e. The molecule has 6 heteroatoms. The number of carbonyl (C=O) groups excluding carboxylic acids is 1. The van der Waals surface area contributed by atoms with Crippen molar-refractivity contribution in [3.8, 4) is 0 Å². The molecule has 0 radical (unpaired) electrons. The first-order chi connectivity index (χ1) is 8.41. The predicted molar refractivity (Wildman–Crippen MR) is 60.0 cm³/mol. The standard InChI is InChI=1S/C12H13F2NO3/c1-15(6-5-12(17)18)11(16)7-8-9(13)3-2-4-10(8)14/h2-4H,5-7H2,1H3,(H,17,18). The van der Waals surface area contributed by atoms with E-state index >= 15 is 0 Å². The molecule has 0 saturated carbocycles. The van der Waals surface area contributed by atoms with Crippen molar-refractivity contribution in [3.63, 3.8) is 0 Å². The Morgan fingerprint density at radius 1 is 1.28 bits per heavy atom. The summed E-state index contributed by atoms with van der Waals surface area (Å²) in [6.07, 6.45) is -0.628. The number of hydrogen-bond acceptors (Lipinski definition) is 2. The van der Waals surface area contributed by atoms with Gasteiger partial charge in [0.15, 0.2) is 0 Å². The van der Waals surface area contributed by atoms with E-state index in [1.54, 1.807) is 0 Å². The van der Waals surface area contributed by atoms with Crippen LogP contribution < -0.4 is 0 Å². The number of hydrogen-bond donors (Lipinski definition) is 1. The Hall–Kier alpha value is -1.98. The SMILES string of the molecule is CN(CCC(=O)O)C(=O)Cc1c(F)cccc1F. The van der Waals surface area contributed by atoms with Crippen molar-refractivity contribution in [2.45, 2.75) is 12.8 Å². The third-order valence-electron chi connectivity index (χ3n) is 2.48. The highest BCUT2D eigenvalue weighted by atomic mass is 19.1. The summed E-state index contributed by atoms with van der Waals surface area (Å²) >= 11 is 0. The molecular formula is C12H13F2NO3. The number of carboxylic acids is 1. The minimum atomic E-state index is -1.04. The molecule has 1 amide bonds. The van der Waals surface area contributed by atoms with Crippen molar-refractivity contribution in [3.05, 3.63) is 35.4 Å². The predicted octanol–water partition coefficient (Wildman–Crippen LogP) is 1.44. The van der Waals surface area contributed by atoms with Crippen LogP contribution in [0.2, 0.25) is 0 Å². The highest BCUT2D eigenvalue weighted by Crippen LogP contribution is 2.13. The molecule has 0 aliphatic carbocycles. The number of rotatable bonds is 5. The zero-order valence-corrected chi connectivity index (χ0v) is 9.82. The van der Waals surface area contributed by atoms with Crippen LogP contribution >= 0.6 is 0 Å². The van der Waals surface area contributed by atoms with Crippen LogP contribution in [0.15, 0.2) is 18.2 Å². The van der Waals surface area contributed by atoms with E-state index < -0.39 is 29.9 Å². The van der Waals surface area contributed by atoms with E-state index in [9.17, 15) is 18.4 Å². The lowest BCUT2D eigenvalue weighted by Gasteiger charge is -2.16. The second-order valence-electron chi connectivity index (χ2n) is 3.84. The zero-order valence-electron chi connectivity index (χ0n) is 9.82. The Kier molecular flexibility index (Phi) is 4.76. The number of carbonyl (C=O) groups is 2. The van der Waals surface area contributed by atoms with Crippen LogP contribution in [0.5, 0.6) is 0 Å². The normalized spacial score (nSPS) is 10.2. The first-order valence-electron chi connectivity index (χ1n) is 5.30. The molecule has 0 bridgehead atoms. The molecule has 18 heavy (non-hydrogen) atoms. The fourth-order valence-corrected chi connectivity index (χ4v) is 1.38. The fourth-order valence-electron chi connectivity index (χ4n) is 1.38. The molecule has 1 aromatic rings. The summed E-state index contributed by atoms with van der Waals surface area (Å²) < 4.78 is 26.6. The Morgan fingerprint density at radius 3 is 2.33 bits per heavy atom. The highest BCUT2D eigenvalue weighted by molar-refractivity contribution is 5.79. The van der Waals surface area contributed by atoms with Crippen LogP contribution in [0.4, 0.5) is 8.78 Å². The maximum absolute atomic E-state index is 13.3. The molecule has 1 rings (SSSR count). The van der Waals surface area contributed by atoms with Crippen molar-refractivity contribution in [1.82, 2.24) is 4.90 Å². The second-order valence-corrected chi connectivity index (χ2v) is 3.84. The van der Waals surface area contributed by atoms with Gasteiger partial charge in [-0.2, -0.15) is 0 Å². The largest absolute Gasteiger partial charge is 0.481 e. The highest BCUT2D eigenvalue weighted by Gasteiger charge is 2.16. The Morgan fingerprint density at radius 2 is 1.83 bits per heavy atom. The summed E-state index contributed by atoms with van der Waals surface area (Å²) in [5.74, 6) is -3.13. The first kappa shape index (κ1) is 14.1. The van der Waals surface area contributed by atoms with Crippen LogP contribution in [-0.4, -0.2) is 35.5 Å². The lowest BCUT2D eigenvalue weighted by Crippen LogP contribution is -2.30. The monoisotopic (exact) mass is 257 g/mol. The van der Waals surface area contributed by atoms with Gasteiger partial charge < -0.3 is 10.0 Å². The van der Waals surface area contributed by atoms with E-state index in [2.05, 4.69) is 0 Å². The van der Waals surface area contributed by atoms with Gasteiger partial charge in [0.05, 0.1) is 12.8 Å². The number of halogens is 2. The number of carboxylic acid groups (broad SMARTS) is 1. The molecule has 0 aromatic heterocycles. The van der Waals surface area contributed by atoms with Crippen LogP contribution in [0.3, 0.4) is 0 Å². The molecule has 0 fully saturated rings. The van der Waals surface area contributed by atoms with Gasteiger partial charge in [0.25, 0.3) is 0 Å². The Labute approximate surface area is 103 Å². The van der Waals surface area contributed by atoms with Gasteiger partial charge in [0, 0.05) is 19.2 Å². The number of nitrogens with zero attached hydrogens (tertiary/aromatic N) is 1. The molecule has 0 aliphatic rings. The molecule has 0 spiro atoms. The molecular weight excluding hydrogens is 244 g/mol. The van der Waals surface area contributed by atoms with Gasteiger partial charge in [0.1, 0.15) is 11.6 Å². The molecule has 1 aromatic carbocycles. The van der Waals surface area contributed by atoms with Gasteiger partial charge in [-0.25, -0.2) is 8.78 Å².